The van der Waals surface area contributed by atoms with Crippen molar-refractivity contribution in [3.05, 3.63) is 94.0 Å². The van der Waals surface area contributed by atoms with E-state index in [0.717, 1.165) is 42.0 Å². The molecule has 4 nitrogen and oxygen atoms in total. The fraction of sp³-hybridized carbons (Fsp3) is 0.455. The molecule has 204 valence electrons. The van der Waals surface area contributed by atoms with Crippen LogP contribution in [0.3, 0.4) is 0 Å². The minimum atomic E-state index is -0.575. The molecule has 1 N–H and O–H groups in total. The summed E-state index contributed by atoms with van der Waals surface area (Å²) in [6, 6.07) is 22.9. The predicted octanol–water partition coefficient (Wildman–Crippen LogP) is 8.86. The Balaban J connectivity index is 1.55. The van der Waals surface area contributed by atoms with Crippen molar-refractivity contribution in [2.24, 2.45) is 0 Å². The number of fused-ring (bicyclic) bond motifs is 1. The van der Waals surface area contributed by atoms with Crippen molar-refractivity contribution in [1.82, 2.24) is 0 Å². The maximum absolute atomic E-state index is 6.52. The Bertz CT molecular complexity index is 1200. The highest BCUT2D eigenvalue weighted by atomic mass is 35.5. The molecule has 0 fully saturated rings. The van der Waals surface area contributed by atoms with Crippen molar-refractivity contribution >= 4 is 17.3 Å². The van der Waals surface area contributed by atoms with Crippen LogP contribution in [-0.2, 0) is 28.0 Å². The lowest BCUT2D eigenvalue weighted by atomic mass is 9.87. The summed E-state index contributed by atoms with van der Waals surface area (Å²) in [6.07, 6.45) is 1.51. The van der Waals surface area contributed by atoms with E-state index in [1.54, 1.807) is 0 Å². The number of ether oxygens (including phenoxy) is 3. The summed E-state index contributed by atoms with van der Waals surface area (Å²) >= 11 is 6.42. The van der Waals surface area contributed by atoms with Gasteiger partial charge in [0.15, 0.2) is 0 Å². The van der Waals surface area contributed by atoms with Crippen LogP contribution in [0.5, 0.6) is 5.75 Å². The maximum atomic E-state index is 6.52. The number of nitrogens with one attached hydrogen (secondary N) is 1. The topological polar surface area (TPSA) is 39.7 Å². The van der Waals surface area contributed by atoms with Gasteiger partial charge in [0.1, 0.15) is 23.6 Å². The zero-order valence-corrected chi connectivity index (χ0v) is 24.4. The molecule has 5 heteroatoms. The molecule has 38 heavy (non-hydrogen) atoms. The van der Waals surface area contributed by atoms with Crippen molar-refractivity contribution in [3.8, 4) is 5.75 Å². The Labute approximate surface area is 233 Å². The first kappa shape index (κ1) is 28.5. The predicted molar refractivity (Wildman–Crippen MR) is 157 cm³/mol. The molecule has 0 radical (unpaired) electrons. The second-order valence-corrected chi connectivity index (χ2v) is 12.1. The van der Waals surface area contributed by atoms with Crippen molar-refractivity contribution in [2.45, 2.75) is 90.8 Å². The van der Waals surface area contributed by atoms with Crippen LogP contribution in [0.1, 0.15) is 82.7 Å². The summed E-state index contributed by atoms with van der Waals surface area (Å²) in [5.74, 6) is 0.842. The van der Waals surface area contributed by atoms with Crippen LogP contribution in [0, 0.1) is 0 Å². The smallest absolute Gasteiger partial charge is 0.132 e. The normalized spacial score (nSPS) is 18.5. The number of hydrogen-bond acceptors (Lipinski definition) is 4. The Morgan fingerprint density at radius 1 is 0.974 bits per heavy atom. The van der Waals surface area contributed by atoms with Crippen LogP contribution in [0.15, 0.2) is 66.7 Å². The van der Waals surface area contributed by atoms with E-state index in [9.17, 15) is 0 Å². The average Bonchev–Trinajstić information content (AvgIpc) is 2.87. The van der Waals surface area contributed by atoms with Gasteiger partial charge in [0, 0.05) is 29.4 Å². The first-order chi connectivity index (χ1) is 18.1. The van der Waals surface area contributed by atoms with Gasteiger partial charge in [-0.3, -0.25) is 0 Å². The van der Waals surface area contributed by atoms with Gasteiger partial charge >= 0.3 is 0 Å². The summed E-state index contributed by atoms with van der Waals surface area (Å²) in [5, 5.41) is 4.29. The molecule has 0 aliphatic carbocycles. The van der Waals surface area contributed by atoms with Crippen LogP contribution >= 0.6 is 11.6 Å². The second-order valence-electron chi connectivity index (χ2n) is 11.7. The Kier molecular flexibility index (Phi) is 9.07. The molecule has 0 amide bonds. The molecule has 3 aromatic rings. The zero-order chi connectivity index (χ0) is 27.3. The molecule has 0 spiro atoms. The summed E-state index contributed by atoms with van der Waals surface area (Å²) in [7, 11) is 0. The van der Waals surface area contributed by atoms with Gasteiger partial charge in [0.25, 0.3) is 0 Å². The highest BCUT2D eigenvalue weighted by Crippen LogP contribution is 2.45. The second kappa shape index (κ2) is 12.1. The molecule has 0 bridgehead atoms. The quantitative estimate of drug-likeness (QED) is 0.263. The van der Waals surface area contributed by atoms with Gasteiger partial charge < -0.3 is 19.5 Å². The lowest BCUT2D eigenvalue weighted by Gasteiger charge is -2.44. The van der Waals surface area contributed by atoms with Crippen molar-refractivity contribution in [3.63, 3.8) is 0 Å². The lowest BCUT2D eigenvalue weighted by molar-refractivity contribution is -0.167. The number of halogens is 1. The highest BCUT2D eigenvalue weighted by molar-refractivity contribution is 6.31. The maximum Gasteiger partial charge on any atom is 0.132 e. The van der Waals surface area contributed by atoms with Crippen LogP contribution in [-0.4, -0.2) is 18.3 Å². The van der Waals surface area contributed by atoms with Gasteiger partial charge in [-0.05, 0) is 66.6 Å². The SMILES string of the molecule is CCCCOC1c2cc(NCc3ccc(C(C)(C)C)cc3)ccc2OC(C)(C)C1OCc1ccccc1Cl. The van der Waals surface area contributed by atoms with Gasteiger partial charge in [-0.15, -0.1) is 0 Å². The third-order valence-electron chi connectivity index (χ3n) is 7.14. The third-order valence-corrected chi connectivity index (χ3v) is 7.51. The van der Waals surface area contributed by atoms with E-state index in [1.807, 2.05) is 30.3 Å². The third kappa shape index (κ3) is 6.91. The minimum absolute atomic E-state index is 0.148. The van der Waals surface area contributed by atoms with E-state index in [-0.39, 0.29) is 17.6 Å². The molecule has 2 atom stereocenters. The largest absolute Gasteiger partial charge is 0.485 e. The average molecular weight is 536 g/mol. The van der Waals surface area contributed by atoms with Gasteiger partial charge in [-0.2, -0.15) is 0 Å². The Morgan fingerprint density at radius 3 is 2.39 bits per heavy atom. The first-order valence-electron chi connectivity index (χ1n) is 13.7. The summed E-state index contributed by atoms with van der Waals surface area (Å²) in [6.45, 7) is 14.8. The summed E-state index contributed by atoms with van der Waals surface area (Å²) in [4.78, 5) is 0. The summed E-state index contributed by atoms with van der Waals surface area (Å²) in [5.41, 5.74) is 5.15. The fourth-order valence-electron chi connectivity index (χ4n) is 4.78. The van der Waals surface area contributed by atoms with E-state index >= 15 is 0 Å². The fourth-order valence-corrected chi connectivity index (χ4v) is 4.97. The molecule has 0 aromatic heterocycles. The van der Waals surface area contributed by atoms with E-state index in [0.29, 0.717) is 18.2 Å². The molecule has 1 aliphatic rings. The standard InChI is InChI=1S/C33H42ClNO3/c1-7-8-19-36-30-27-20-26(35-21-23-13-15-25(16-14-23)32(2,3)4)17-18-29(27)38-33(5,6)31(30)37-22-24-11-9-10-12-28(24)34/h9-18,20,30-31,35H,7-8,19,21-22H2,1-6H3. The van der Waals surface area contributed by atoms with Crippen molar-refractivity contribution < 1.29 is 14.2 Å². The molecule has 3 aromatic carbocycles. The van der Waals surface area contributed by atoms with Crippen LogP contribution in [0.2, 0.25) is 5.02 Å². The molecular weight excluding hydrogens is 494 g/mol. The van der Waals surface area contributed by atoms with Crippen LogP contribution < -0.4 is 10.1 Å². The molecule has 0 saturated carbocycles. The monoisotopic (exact) mass is 535 g/mol. The molecule has 4 rings (SSSR count). The van der Waals surface area contributed by atoms with Gasteiger partial charge in [0.05, 0.1) is 6.61 Å². The van der Waals surface area contributed by atoms with Crippen LogP contribution in [0.25, 0.3) is 0 Å². The van der Waals surface area contributed by atoms with E-state index in [2.05, 4.69) is 83.3 Å². The molecule has 1 heterocycles. The van der Waals surface area contributed by atoms with E-state index < -0.39 is 5.60 Å². The van der Waals surface area contributed by atoms with Crippen molar-refractivity contribution in [1.29, 1.82) is 0 Å². The van der Waals surface area contributed by atoms with Gasteiger partial charge in [0.2, 0.25) is 0 Å². The minimum Gasteiger partial charge on any atom is -0.485 e. The zero-order valence-electron chi connectivity index (χ0n) is 23.6. The molecular formula is C33H42ClNO3. The highest BCUT2D eigenvalue weighted by Gasteiger charge is 2.45. The summed E-state index contributed by atoms with van der Waals surface area (Å²) < 4.78 is 19.5. The number of unbranched alkanes of at least 4 members (excludes halogenated alkanes) is 1. The number of benzene rings is 3. The number of anilines is 1. The van der Waals surface area contributed by atoms with Crippen LogP contribution in [0.4, 0.5) is 5.69 Å². The Hall–Kier alpha value is -2.53. The first-order valence-corrected chi connectivity index (χ1v) is 14.1. The van der Waals surface area contributed by atoms with Crippen molar-refractivity contribution in [2.75, 3.05) is 11.9 Å². The Morgan fingerprint density at radius 2 is 1.71 bits per heavy atom. The number of hydrogen-bond donors (Lipinski definition) is 1. The van der Waals surface area contributed by atoms with Gasteiger partial charge in [-0.25, -0.2) is 0 Å². The van der Waals surface area contributed by atoms with E-state index in [4.69, 9.17) is 25.8 Å². The number of rotatable bonds is 10. The molecule has 1 aliphatic heterocycles. The van der Waals surface area contributed by atoms with Gasteiger partial charge in [-0.1, -0.05) is 88.2 Å². The molecule has 0 saturated heterocycles. The molecule has 2 unspecified atom stereocenters. The van der Waals surface area contributed by atoms with E-state index in [1.165, 1.54) is 11.1 Å². The lowest BCUT2D eigenvalue weighted by Crippen LogP contribution is -2.51.